The first kappa shape index (κ1) is 32.5. The van der Waals surface area contributed by atoms with Crippen molar-refractivity contribution >= 4 is 27.5 Å². The summed E-state index contributed by atoms with van der Waals surface area (Å²) in [5, 5.41) is 2.93. The monoisotopic (exact) mass is 595 g/mol. The second-order valence-corrected chi connectivity index (χ2v) is 12.3. The summed E-state index contributed by atoms with van der Waals surface area (Å²) in [6.45, 7) is 7.74. The van der Waals surface area contributed by atoms with Gasteiger partial charge in [-0.1, -0.05) is 50.6 Å². The molecule has 1 unspecified atom stereocenters. The molecule has 0 saturated carbocycles. The Balaban J connectivity index is 2.04. The molecular weight excluding hydrogens is 554 g/mol. The van der Waals surface area contributed by atoms with Crippen LogP contribution in [0.15, 0.2) is 77.7 Å². The van der Waals surface area contributed by atoms with Gasteiger partial charge in [-0.2, -0.15) is 0 Å². The van der Waals surface area contributed by atoms with E-state index in [4.69, 9.17) is 9.47 Å². The molecule has 0 heterocycles. The molecule has 0 saturated heterocycles. The quantitative estimate of drug-likeness (QED) is 0.288. The minimum Gasteiger partial charge on any atom is -0.497 e. The van der Waals surface area contributed by atoms with Crippen LogP contribution in [-0.2, 0) is 26.2 Å². The van der Waals surface area contributed by atoms with Crippen LogP contribution in [-0.4, -0.2) is 58.5 Å². The minimum absolute atomic E-state index is 0.0557. The maximum Gasteiger partial charge on any atom is 0.264 e. The SMILES string of the molecule is CCC(C(=O)NCC(C)C)N(Cc1ccc(OC)cc1)C(=O)CN(c1ccc(OC)cc1)S(=O)(=O)c1ccc(C)cc1. The summed E-state index contributed by atoms with van der Waals surface area (Å²) in [5.74, 6) is 0.636. The molecule has 9 nitrogen and oxygen atoms in total. The number of anilines is 1. The van der Waals surface area contributed by atoms with Gasteiger partial charge in [0, 0.05) is 13.1 Å². The number of hydrogen-bond donors (Lipinski definition) is 1. The number of sulfonamides is 1. The van der Waals surface area contributed by atoms with E-state index in [1.165, 1.54) is 24.1 Å². The Morgan fingerprint density at radius 1 is 0.857 bits per heavy atom. The van der Waals surface area contributed by atoms with E-state index >= 15 is 0 Å². The highest BCUT2D eigenvalue weighted by atomic mass is 32.2. The summed E-state index contributed by atoms with van der Waals surface area (Å²) in [6.07, 6.45) is 0.346. The summed E-state index contributed by atoms with van der Waals surface area (Å²) in [5.41, 5.74) is 1.98. The van der Waals surface area contributed by atoms with Crippen molar-refractivity contribution in [2.75, 3.05) is 31.6 Å². The normalized spacial score (nSPS) is 12.0. The lowest BCUT2D eigenvalue weighted by Crippen LogP contribution is -2.52. The second kappa shape index (κ2) is 14.7. The van der Waals surface area contributed by atoms with E-state index in [0.29, 0.717) is 30.2 Å². The molecule has 3 aromatic rings. The van der Waals surface area contributed by atoms with Gasteiger partial charge in [0.1, 0.15) is 24.1 Å². The molecule has 0 aromatic heterocycles. The Morgan fingerprint density at radius 2 is 1.40 bits per heavy atom. The van der Waals surface area contributed by atoms with Gasteiger partial charge in [-0.15, -0.1) is 0 Å². The molecule has 0 spiro atoms. The van der Waals surface area contributed by atoms with E-state index in [9.17, 15) is 18.0 Å². The van der Waals surface area contributed by atoms with Crippen LogP contribution in [0.1, 0.15) is 38.3 Å². The van der Waals surface area contributed by atoms with E-state index in [-0.39, 0.29) is 23.3 Å². The molecule has 1 N–H and O–H groups in total. The van der Waals surface area contributed by atoms with Gasteiger partial charge >= 0.3 is 0 Å². The van der Waals surface area contributed by atoms with Gasteiger partial charge in [0.2, 0.25) is 11.8 Å². The molecular formula is C32H41N3O6S. The van der Waals surface area contributed by atoms with Crippen LogP contribution in [0.3, 0.4) is 0 Å². The molecule has 0 radical (unpaired) electrons. The summed E-state index contributed by atoms with van der Waals surface area (Å²) in [7, 11) is -1.06. The standard InChI is InChI=1S/C32H41N3O6S/c1-7-30(32(37)33-20-23(2)3)34(21-25-10-14-27(40-5)15-11-25)31(36)22-35(26-12-16-28(41-6)17-13-26)42(38,39)29-18-8-24(4)9-19-29/h8-19,23,30H,7,20-22H2,1-6H3,(H,33,37). The Bertz CT molecular complexity index is 1420. The molecule has 10 heteroatoms. The van der Waals surface area contributed by atoms with Crippen molar-refractivity contribution in [3.05, 3.63) is 83.9 Å². The maximum absolute atomic E-state index is 14.1. The van der Waals surface area contributed by atoms with Gasteiger partial charge < -0.3 is 19.7 Å². The molecule has 3 aromatic carbocycles. The Hall–Kier alpha value is -4.05. The third-order valence-electron chi connectivity index (χ3n) is 6.83. The summed E-state index contributed by atoms with van der Waals surface area (Å²) >= 11 is 0. The number of hydrogen-bond acceptors (Lipinski definition) is 6. The van der Waals surface area contributed by atoms with Gasteiger partial charge in [-0.05, 0) is 73.4 Å². The Kier molecular flexibility index (Phi) is 11.4. The first-order chi connectivity index (χ1) is 20.0. The fraction of sp³-hybridized carbons (Fsp3) is 0.375. The number of carbonyl (C=O) groups excluding carboxylic acids is 2. The number of aryl methyl sites for hydroxylation is 1. The van der Waals surface area contributed by atoms with Crippen LogP contribution in [0, 0.1) is 12.8 Å². The van der Waals surface area contributed by atoms with Gasteiger partial charge in [0.25, 0.3) is 10.0 Å². The molecule has 226 valence electrons. The van der Waals surface area contributed by atoms with Crippen molar-refractivity contribution in [1.82, 2.24) is 10.2 Å². The Morgan fingerprint density at radius 3 is 1.90 bits per heavy atom. The average Bonchev–Trinajstić information content (AvgIpc) is 2.99. The maximum atomic E-state index is 14.1. The third-order valence-corrected chi connectivity index (χ3v) is 8.62. The third kappa shape index (κ3) is 8.25. The van der Waals surface area contributed by atoms with E-state index in [1.54, 1.807) is 55.6 Å². The second-order valence-electron chi connectivity index (χ2n) is 10.5. The van der Waals surface area contributed by atoms with Crippen molar-refractivity contribution in [3.8, 4) is 11.5 Å². The zero-order valence-corrected chi connectivity index (χ0v) is 26.0. The molecule has 42 heavy (non-hydrogen) atoms. The fourth-order valence-electron chi connectivity index (χ4n) is 4.38. The summed E-state index contributed by atoms with van der Waals surface area (Å²) in [6, 6.07) is 19.3. The van der Waals surface area contributed by atoms with Gasteiger partial charge in [0.05, 0.1) is 24.8 Å². The molecule has 0 aliphatic heterocycles. The zero-order valence-electron chi connectivity index (χ0n) is 25.2. The van der Waals surface area contributed by atoms with Crippen molar-refractivity contribution in [2.45, 2.75) is 51.6 Å². The van der Waals surface area contributed by atoms with Crippen LogP contribution < -0.4 is 19.1 Å². The first-order valence-corrected chi connectivity index (χ1v) is 15.4. The van der Waals surface area contributed by atoms with E-state index in [2.05, 4.69) is 5.32 Å². The number of carbonyl (C=O) groups is 2. The van der Waals surface area contributed by atoms with Crippen molar-refractivity contribution in [3.63, 3.8) is 0 Å². The van der Waals surface area contributed by atoms with Crippen molar-refractivity contribution in [1.29, 1.82) is 0 Å². The van der Waals surface area contributed by atoms with E-state index in [1.807, 2.05) is 39.8 Å². The largest absolute Gasteiger partial charge is 0.497 e. The molecule has 2 amide bonds. The lowest BCUT2D eigenvalue weighted by atomic mass is 10.1. The minimum atomic E-state index is -4.15. The molecule has 0 aliphatic carbocycles. The lowest BCUT2D eigenvalue weighted by molar-refractivity contribution is -0.140. The number of methoxy groups -OCH3 is 2. The van der Waals surface area contributed by atoms with Gasteiger partial charge in [0.15, 0.2) is 0 Å². The predicted octanol–water partition coefficient (Wildman–Crippen LogP) is 4.79. The highest BCUT2D eigenvalue weighted by Gasteiger charge is 2.33. The lowest BCUT2D eigenvalue weighted by Gasteiger charge is -2.33. The number of nitrogens with one attached hydrogen (secondary N) is 1. The number of rotatable bonds is 14. The Labute approximate surface area is 249 Å². The van der Waals surface area contributed by atoms with Crippen molar-refractivity contribution in [2.24, 2.45) is 5.92 Å². The van der Waals surface area contributed by atoms with Crippen molar-refractivity contribution < 1.29 is 27.5 Å². The van der Waals surface area contributed by atoms with Crippen LogP contribution in [0.25, 0.3) is 0 Å². The highest BCUT2D eigenvalue weighted by Crippen LogP contribution is 2.27. The van der Waals surface area contributed by atoms with Crippen LogP contribution >= 0.6 is 0 Å². The zero-order chi connectivity index (χ0) is 30.9. The number of benzene rings is 3. The molecule has 3 rings (SSSR count). The van der Waals surface area contributed by atoms with E-state index in [0.717, 1.165) is 15.4 Å². The summed E-state index contributed by atoms with van der Waals surface area (Å²) < 4.78 is 39.5. The van der Waals surface area contributed by atoms with Gasteiger partial charge in [-0.3, -0.25) is 13.9 Å². The van der Waals surface area contributed by atoms with Gasteiger partial charge in [-0.25, -0.2) is 8.42 Å². The van der Waals surface area contributed by atoms with Crippen LogP contribution in [0.2, 0.25) is 0 Å². The number of amides is 2. The fourth-order valence-corrected chi connectivity index (χ4v) is 5.80. The van der Waals surface area contributed by atoms with Crippen LogP contribution in [0.4, 0.5) is 5.69 Å². The predicted molar refractivity (Wildman–Crippen MR) is 164 cm³/mol. The molecule has 0 aliphatic rings. The molecule has 0 bridgehead atoms. The topological polar surface area (TPSA) is 105 Å². The molecule has 1 atom stereocenters. The van der Waals surface area contributed by atoms with E-state index < -0.39 is 28.5 Å². The number of ether oxygens (including phenoxy) is 2. The summed E-state index contributed by atoms with van der Waals surface area (Å²) in [4.78, 5) is 29.0. The first-order valence-electron chi connectivity index (χ1n) is 13.9. The van der Waals surface area contributed by atoms with Crippen LogP contribution in [0.5, 0.6) is 11.5 Å². The highest BCUT2D eigenvalue weighted by molar-refractivity contribution is 7.92. The number of nitrogens with zero attached hydrogens (tertiary/aromatic N) is 2. The molecule has 0 fully saturated rings. The smallest absolute Gasteiger partial charge is 0.264 e. The average molecular weight is 596 g/mol.